The molecule has 0 saturated heterocycles. The second-order valence-corrected chi connectivity index (χ2v) is 15.4. The first-order chi connectivity index (χ1) is 8.00. The van der Waals surface area contributed by atoms with Crippen LogP contribution < -0.4 is 0 Å². The first-order valence-electron chi connectivity index (χ1n) is 5.99. The minimum Gasteiger partial charge on any atom is 0 e. The molecule has 0 rings (SSSR count). The van der Waals surface area contributed by atoms with Crippen LogP contribution in [0.15, 0.2) is 0 Å². The van der Waals surface area contributed by atoms with Gasteiger partial charge in [-0.1, -0.05) is 57.4 Å². The van der Waals surface area contributed by atoms with Crippen LogP contribution in [-0.2, 0) is 19.5 Å². The Morgan fingerprint density at radius 3 is 0.905 bits per heavy atom. The van der Waals surface area contributed by atoms with Gasteiger partial charge in [0, 0.05) is 19.5 Å². The smallest absolute Gasteiger partial charge is 0 e. The van der Waals surface area contributed by atoms with Crippen LogP contribution in [0.25, 0.3) is 0 Å². The van der Waals surface area contributed by atoms with Crippen LogP contribution in [0.3, 0.4) is 0 Å². The van der Waals surface area contributed by atoms with Crippen molar-refractivity contribution in [3.63, 3.8) is 0 Å². The second kappa shape index (κ2) is 7.17. The molecule has 0 amide bonds. The van der Waals surface area contributed by atoms with Crippen molar-refractivity contribution in [3.8, 4) is 0 Å². The van der Waals surface area contributed by atoms with E-state index in [9.17, 15) is 25.2 Å². The van der Waals surface area contributed by atoms with Gasteiger partial charge in [-0.25, -0.2) is 0 Å². The zero-order valence-corrected chi connectivity index (χ0v) is 18.0. The predicted molar refractivity (Wildman–Crippen MR) is 83.6 cm³/mol. The van der Waals surface area contributed by atoms with Crippen LogP contribution >= 0.6 is 23.7 Å². The van der Waals surface area contributed by atoms with E-state index in [1.807, 2.05) is 0 Å². The molecule has 0 unspecified atom stereocenters. The molecule has 0 aliphatic rings. The average molecular weight is 468 g/mol. The Labute approximate surface area is 139 Å². The minimum atomic E-state index is -10.7. The first kappa shape index (κ1) is 27.3. The van der Waals surface area contributed by atoms with Gasteiger partial charge in [0.2, 0.25) is 0 Å². The summed E-state index contributed by atoms with van der Waals surface area (Å²) in [6.45, 7) is 19.2. The maximum absolute atomic E-state index is 10.7. The van der Waals surface area contributed by atoms with Crippen molar-refractivity contribution in [2.24, 2.45) is 0 Å². The van der Waals surface area contributed by atoms with E-state index in [2.05, 4.69) is 54.9 Å². The van der Waals surface area contributed by atoms with Gasteiger partial charge in [-0.15, -0.1) is 0 Å². The molecule has 0 aromatic rings. The molecular weight excluding hydrogens is 442 g/mol. The van der Waals surface area contributed by atoms with Crippen molar-refractivity contribution >= 4 is 23.7 Å². The van der Waals surface area contributed by atoms with E-state index in [4.69, 9.17) is 0 Å². The summed E-state index contributed by atoms with van der Waals surface area (Å²) in [5, 5.41) is 1.08. The van der Waals surface area contributed by atoms with E-state index in [-0.39, 0.29) is 35.3 Å². The largest absolute Gasteiger partial charge is 0 e. The van der Waals surface area contributed by atoms with Crippen LogP contribution in [0, 0.1) is 0 Å². The molecule has 2 atom stereocenters. The Kier molecular flexibility index (Phi) is 9.33. The van der Waals surface area contributed by atoms with Crippen LogP contribution in [-0.4, -0.2) is 29.5 Å². The molecule has 0 fully saturated rings. The van der Waals surface area contributed by atoms with Crippen molar-refractivity contribution in [1.29, 1.82) is 0 Å². The van der Waals surface area contributed by atoms with Gasteiger partial charge in [-0.05, 0) is 29.5 Å². The van der Waals surface area contributed by atoms with E-state index in [0.29, 0.717) is 10.3 Å². The fraction of sp³-hybridized carbons (Fsp3) is 1.00. The van der Waals surface area contributed by atoms with E-state index in [0.717, 1.165) is 0 Å². The molecule has 0 nitrogen and oxygen atoms in total. The molecule has 0 spiro atoms. The van der Waals surface area contributed by atoms with Crippen molar-refractivity contribution in [2.75, 3.05) is 19.2 Å². The number of rotatable bonds is 2. The summed E-state index contributed by atoms with van der Waals surface area (Å²) < 4.78 is 59.2. The third kappa shape index (κ3) is 26.7. The van der Waals surface area contributed by atoms with Gasteiger partial charge in [0.15, 0.2) is 0 Å². The Hall–Kier alpha value is 1.49. The van der Waals surface area contributed by atoms with Crippen molar-refractivity contribution in [2.45, 2.75) is 51.9 Å². The molecule has 21 heavy (non-hydrogen) atoms. The zero-order chi connectivity index (χ0) is 17.3. The maximum Gasteiger partial charge on any atom is 0 e. The van der Waals surface area contributed by atoms with Crippen LogP contribution in [0.5, 0.6) is 0 Å². The third-order valence-electron chi connectivity index (χ3n) is 2.71. The van der Waals surface area contributed by atoms with Crippen molar-refractivity contribution < 1.29 is 44.7 Å². The number of halogens is 6. The summed E-state index contributed by atoms with van der Waals surface area (Å²) in [7, 11) is -10.3. The van der Waals surface area contributed by atoms with Gasteiger partial charge in [0.1, 0.15) is 0 Å². The average Bonchev–Trinajstić information content (AvgIpc) is 1.93. The number of hydrogen-bond acceptors (Lipinski definition) is 0. The molecule has 0 heterocycles. The summed E-state index contributed by atoms with van der Waals surface area (Å²) in [4.78, 5) is 0. The van der Waals surface area contributed by atoms with Crippen LogP contribution in [0.1, 0.15) is 41.5 Å². The van der Waals surface area contributed by atoms with E-state index < -0.39 is 7.81 Å². The third-order valence-corrected chi connectivity index (χ3v) is 10.7. The van der Waals surface area contributed by atoms with Gasteiger partial charge in [-0.2, -0.15) is 0 Å². The molecule has 0 aliphatic carbocycles. The second-order valence-electron chi connectivity index (χ2n) is 6.84. The Morgan fingerprint density at radius 2 is 0.810 bits per heavy atom. The summed E-state index contributed by atoms with van der Waals surface area (Å²) >= 11 is 0. The van der Waals surface area contributed by atoms with Gasteiger partial charge in [0.05, 0.1) is 0 Å². The fourth-order valence-electron chi connectivity index (χ4n) is 0.742. The van der Waals surface area contributed by atoms with Crippen molar-refractivity contribution in [3.05, 3.63) is 0 Å². The molecule has 10 heteroatoms. The Balaban J connectivity index is -0.000000347. The molecule has 0 saturated carbocycles. The molecule has 137 valence electrons. The summed E-state index contributed by atoms with van der Waals surface area (Å²) in [6.07, 6.45) is 0. The summed E-state index contributed by atoms with van der Waals surface area (Å²) in [5.74, 6) is 1.47. The van der Waals surface area contributed by atoms with Gasteiger partial charge >= 0.3 is 33.0 Å². The van der Waals surface area contributed by atoms with Crippen molar-refractivity contribution in [1.82, 2.24) is 0 Å². The SMILES string of the molecule is C[P@@](C[P@](C)C(C)(C)C)C(C)(C)C.F[P-](F)(F)(F)(F)F.[Rh]. The van der Waals surface area contributed by atoms with Gasteiger partial charge < -0.3 is 0 Å². The zero-order valence-electron chi connectivity index (χ0n) is 13.6. The molecule has 0 aromatic carbocycles. The number of hydrogen-bond donors (Lipinski definition) is 0. The molecule has 0 N–H and O–H groups in total. The van der Waals surface area contributed by atoms with Gasteiger partial charge in [0.25, 0.3) is 0 Å². The monoisotopic (exact) mass is 468 g/mol. The van der Waals surface area contributed by atoms with E-state index >= 15 is 0 Å². The van der Waals surface area contributed by atoms with Gasteiger partial charge in [-0.3, -0.25) is 0 Å². The topological polar surface area (TPSA) is 0 Å². The normalized spacial score (nSPS) is 19.1. The summed E-state index contributed by atoms with van der Waals surface area (Å²) in [6, 6.07) is 0. The molecule has 1 radical (unpaired) electrons. The van der Waals surface area contributed by atoms with Crippen LogP contribution in [0.2, 0.25) is 0 Å². The minimum absolute atomic E-state index is 0. The van der Waals surface area contributed by atoms with E-state index in [1.54, 1.807) is 0 Å². The first-order valence-corrected chi connectivity index (χ1v) is 12.0. The Morgan fingerprint density at radius 1 is 0.667 bits per heavy atom. The molecular formula is C11H26F6P3Rh-. The molecule has 0 aromatic heterocycles. The molecule has 0 aliphatic heterocycles. The predicted octanol–water partition coefficient (Wildman–Crippen LogP) is 8.14. The maximum atomic E-state index is 9.87. The Bertz CT molecular complexity index is 284. The standard InChI is InChI=1S/C11H26P2.F6P.Rh/c1-10(2,3)12(7)9-13(8)11(4,5)6;1-7(2,3,4,5)6;/h9H2,1-8H3;;/q;-1;/t12-,13-;;/m0../s1. The fourth-order valence-corrected chi connectivity index (χ4v) is 6.68. The van der Waals surface area contributed by atoms with Crippen LogP contribution in [0.4, 0.5) is 25.2 Å². The summed E-state index contributed by atoms with van der Waals surface area (Å²) in [5.41, 5.74) is 0. The van der Waals surface area contributed by atoms with E-state index in [1.165, 1.54) is 5.90 Å². The molecule has 0 bridgehead atoms. The quantitative estimate of drug-likeness (QED) is 0.218.